The van der Waals surface area contributed by atoms with Crippen LogP contribution >= 0.6 is 0 Å². The van der Waals surface area contributed by atoms with Gasteiger partial charge in [0.1, 0.15) is 5.82 Å². The third kappa shape index (κ3) is 2.45. The molecule has 1 aliphatic rings. The van der Waals surface area contributed by atoms with Crippen LogP contribution in [0.4, 0.5) is 10.1 Å². The summed E-state index contributed by atoms with van der Waals surface area (Å²) in [5, 5.41) is 2.48. The fourth-order valence-corrected chi connectivity index (χ4v) is 2.48. The van der Waals surface area contributed by atoms with Crippen molar-refractivity contribution in [1.29, 1.82) is 0 Å². The Morgan fingerprint density at radius 3 is 2.64 bits per heavy atom. The Balaban J connectivity index is 1.87. The number of rotatable bonds is 2. The van der Waals surface area contributed by atoms with Crippen LogP contribution in [0.15, 0.2) is 48.5 Å². The van der Waals surface area contributed by atoms with Gasteiger partial charge in [-0.25, -0.2) is 9.18 Å². The molecule has 1 heterocycles. The van der Waals surface area contributed by atoms with Gasteiger partial charge in [-0.05, 0) is 30.7 Å². The van der Waals surface area contributed by atoms with Crippen LogP contribution in [0.3, 0.4) is 0 Å². The number of nitrogens with one attached hydrogen (secondary N) is 1. The molecule has 2 aromatic carbocycles. The predicted octanol–water partition coefficient (Wildman–Crippen LogP) is 2.94. The average molecular weight is 299 g/mol. The SMILES string of the molecule is C[C@@]1(C(=O)Nc2ccccc2F)Cc2ccccc2C(=O)O1. The first-order valence-corrected chi connectivity index (χ1v) is 6.87. The summed E-state index contributed by atoms with van der Waals surface area (Å²) >= 11 is 0. The number of anilines is 1. The molecule has 1 aliphatic heterocycles. The number of cyclic esters (lactones) is 1. The lowest BCUT2D eigenvalue weighted by atomic mass is 9.89. The first-order valence-electron chi connectivity index (χ1n) is 6.87. The number of carbonyl (C=O) groups is 2. The number of fused-ring (bicyclic) bond motifs is 1. The van der Waals surface area contributed by atoms with Crippen LogP contribution < -0.4 is 5.32 Å². The highest BCUT2D eigenvalue weighted by molar-refractivity contribution is 6.02. The summed E-state index contributed by atoms with van der Waals surface area (Å²) in [5.41, 5.74) is -0.111. The predicted molar refractivity (Wildman–Crippen MR) is 79.0 cm³/mol. The number of ether oxygens (including phenoxy) is 1. The van der Waals surface area contributed by atoms with Gasteiger partial charge in [-0.2, -0.15) is 0 Å². The van der Waals surface area contributed by atoms with E-state index in [2.05, 4.69) is 5.32 Å². The van der Waals surface area contributed by atoms with Crippen molar-refractivity contribution in [3.05, 3.63) is 65.5 Å². The number of esters is 1. The summed E-state index contributed by atoms with van der Waals surface area (Å²) in [7, 11) is 0. The molecule has 4 nitrogen and oxygen atoms in total. The normalized spacial score (nSPS) is 20.0. The topological polar surface area (TPSA) is 55.4 Å². The molecule has 1 atom stereocenters. The molecule has 0 aromatic heterocycles. The summed E-state index contributed by atoms with van der Waals surface area (Å²) in [6, 6.07) is 12.8. The van der Waals surface area contributed by atoms with E-state index in [0.717, 1.165) is 5.56 Å². The Hall–Kier alpha value is -2.69. The molecule has 0 saturated heterocycles. The standard InChI is InChI=1S/C17H14FNO3/c1-17(16(21)19-14-9-5-4-8-13(14)18)10-11-6-2-3-7-12(11)15(20)22-17/h2-9H,10H2,1H3,(H,19,21)/t17-/m0/s1. The fourth-order valence-electron chi connectivity index (χ4n) is 2.48. The van der Waals surface area contributed by atoms with Crippen molar-refractivity contribution in [3.8, 4) is 0 Å². The Labute approximate surface area is 126 Å². The molecule has 3 rings (SSSR count). The van der Waals surface area contributed by atoms with Crippen molar-refractivity contribution < 1.29 is 18.7 Å². The third-order valence-corrected chi connectivity index (χ3v) is 3.69. The molecule has 2 aromatic rings. The number of hydrogen-bond donors (Lipinski definition) is 1. The molecule has 0 saturated carbocycles. The van der Waals surface area contributed by atoms with Gasteiger partial charge in [0.05, 0.1) is 11.3 Å². The summed E-state index contributed by atoms with van der Waals surface area (Å²) < 4.78 is 18.9. The van der Waals surface area contributed by atoms with Gasteiger partial charge in [-0.1, -0.05) is 30.3 Å². The molecule has 0 fully saturated rings. The maximum absolute atomic E-state index is 13.6. The van der Waals surface area contributed by atoms with Gasteiger partial charge in [0.2, 0.25) is 0 Å². The van der Waals surface area contributed by atoms with Gasteiger partial charge < -0.3 is 10.1 Å². The molecular formula is C17H14FNO3. The second-order valence-electron chi connectivity index (χ2n) is 5.39. The van der Waals surface area contributed by atoms with Crippen molar-refractivity contribution >= 4 is 17.6 Å². The third-order valence-electron chi connectivity index (χ3n) is 3.69. The van der Waals surface area contributed by atoms with Crippen LogP contribution in [-0.4, -0.2) is 17.5 Å². The van der Waals surface area contributed by atoms with Crippen LogP contribution in [-0.2, 0) is 16.0 Å². The van der Waals surface area contributed by atoms with E-state index in [4.69, 9.17) is 4.74 Å². The van der Waals surface area contributed by atoms with E-state index in [-0.39, 0.29) is 12.1 Å². The maximum Gasteiger partial charge on any atom is 0.339 e. The van der Waals surface area contributed by atoms with Crippen LogP contribution in [0.1, 0.15) is 22.8 Å². The van der Waals surface area contributed by atoms with Crippen LogP contribution in [0.5, 0.6) is 0 Å². The summed E-state index contributed by atoms with van der Waals surface area (Å²) in [5.74, 6) is -1.64. The zero-order chi connectivity index (χ0) is 15.7. The van der Waals surface area contributed by atoms with Gasteiger partial charge >= 0.3 is 5.97 Å². The maximum atomic E-state index is 13.6. The number of amides is 1. The molecule has 0 spiro atoms. The van der Waals surface area contributed by atoms with Crippen molar-refractivity contribution in [2.24, 2.45) is 0 Å². The minimum Gasteiger partial charge on any atom is -0.445 e. The second kappa shape index (κ2) is 5.26. The van der Waals surface area contributed by atoms with Crippen molar-refractivity contribution in [3.63, 3.8) is 0 Å². The first kappa shape index (κ1) is 14.3. The lowest BCUT2D eigenvalue weighted by Crippen LogP contribution is -2.49. The highest BCUT2D eigenvalue weighted by atomic mass is 19.1. The molecule has 112 valence electrons. The van der Waals surface area contributed by atoms with Crippen molar-refractivity contribution in [2.75, 3.05) is 5.32 Å². The summed E-state index contributed by atoms with van der Waals surface area (Å²) in [4.78, 5) is 24.5. The van der Waals surface area contributed by atoms with Gasteiger partial charge in [0, 0.05) is 6.42 Å². The van der Waals surface area contributed by atoms with E-state index in [9.17, 15) is 14.0 Å². The smallest absolute Gasteiger partial charge is 0.339 e. The van der Waals surface area contributed by atoms with E-state index >= 15 is 0 Å². The monoisotopic (exact) mass is 299 g/mol. The van der Waals surface area contributed by atoms with Gasteiger partial charge in [0.15, 0.2) is 5.60 Å². The van der Waals surface area contributed by atoms with E-state index in [1.54, 1.807) is 30.3 Å². The first-order chi connectivity index (χ1) is 10.5. The fraction of sp³-hybridized carbons (Fsp3) is 0.176. The van der Waals surface area contributed by atoms with Gasteiger partial charge in [-0.15, -0.1) is 0 Å². The molecule has 0 radical (unpaired) electrons. The zero-order valence-corrected chi connectivity index (χ0v) is 11.9. The van der Waals surface area contributed by atoms with Crippen LogP contribution in [0, 0.1) is 5.82 Å². The van der Waals surface area contributed by atoms with E-state index in [0.29, 0.717) is 5.56 Å². The quantitative estimate of drug-likeness (QED) is 0.867. The molecular weight excluding hydrogens is 285 g/mol. The van der Waals surface area contributed by atoms with Crippen molar-refractivity contribution in [2.45, 2.75) is 18.9 Å². The highest BCUT2D eigenvalue weighted by Crippen LogP contribution is 2.29. The number of carbonyl (C=O) groups excluding carboxylic acids is 2. The largest absolute Gasteiger partial charge is 0.445 e. The summed E-state index contributed by atoms with van der Waals surface area (Å²) in [6.07, 6.45) is 0.245. The number of benzene rings is 2. The number of halogens is 1. The molecule has 0 bridgehead atoms. The Morgan fingerprint density at radius 1 is 1.18 bits per heavy atom. The summed E-state index contributed by atoms with van der Waals surface area (Å²) in [6.45, 7) is 1.52. The van der Waals surface area contributed by atoms with Crippen LogP contribution in [0.2, 0.25) is 0 Å². The molecule has 1 N–H and O–H groups in total. The van der Waals surface area contributed by atoms with E-state index in [1.807, 2.05) is 0 Å². The van der Waals surface area contributed by atoms with Crippen LogP contribution in [0.25, 0.3) is 0 Å². The van der Waals surface area contributed by atoms with E-state index < -0.39 is 23.3 Å². The van der Waals surface area contributed by atoms with E-state index in [1.165, 1.54) is 25.1 Å². The minimum absolute atomic E-state index is 0.0589. The number of hydrogen-bond acceptors (Lipinski definition) is 3. The Bertz CT molecular complexity index is 759. The van der Waals surface area contributed by atoms with Gasteiger partial charge in [0.25, 0.3) is 5.91 Å². The Kier molecular flexibility index (Phi) is 3.41. The zero-order valence-electron chi connectivity index (χ0n) is 11.9. The Morgan fingerprint density at radius 2 is 1.86 bits per heavy atom. The lowest BCUT2D eigenvalue weighted by molar-refractivity contribution is -0.134. The molecule has 22 heavy (non-hydrogen) atoms. The molecule has 0 aliphatic carbocycles. The second-order valence-corrected chi connectivity index (χ2v) is 5.39. The highest BCUT2D eigenvalue weighted by Gasteiger charge is 2.42. The average Bonchev–Trinajstić information content (AvgIpc) is 2.49. The minimum atomic E-state index is -1.37. The molecule has 1 amide bonds. The molecule has 5 heteroatoms. The lowest BCUT2D eigenvalue weighted by Gasteiger charge is -2.33. The molecule has 0 unspecified atom stereocenters. The van der Waals surface area contributed by atoms with Gasteiger partial charge in [-0.3, -0.25) is 4.79 Å². The number of para-hydroxylation sites is 1. The van der Waals surface area contributed by atoms with Crippen molar-refractivity contribution in [1.82, 2.24) is 0 Å².